The van der Waals surface area contributed by atoms with Crippen molar-refractivity contribution in [3.63, 3.8) is 0 Å². The van der Waals surface area contributed by atoms with E-state index in [0.29, 0.717) is 6.61 Å². The minimum Gasteiger partial charge on any atom is -0.494 e. The summed E-state index contributed by atoms with van der Waals surface area (Å²) in [5.74, 6) is -1.08. The molecule has 37 heavy (non-hydrogen) atoms. The molecule has 3 rings (SSSR count). The molecular weight excluding hydrogens is 485 g/mol. The summed E-state index contributed by atoms with van der Waals surface area (Å²) in [7, 11) is 0. The summed E-state index contributed by atoms with van der Waals surface area (Å²) in [6.45, 7) is 2.89. The molecule has 1 aliphatic heterocycles. The zero-order valence-electron chi connectivity index (χ0n) is 21.2. The van der Waals surface area contributed by atoms with Gasteiger partial charge in [-0.15, -0.1) is 0 Å². The van der Waals surface area contributed by atoms with Crippen LogP contribution < -0.4 is 4.74 Å². The molecule has 0 radical (unpaired) electrons. The summed E-state index contributed by atoms with van der Waals surface area (Å²) >= 11 is 0. The number of rotatable bonds is 14. The highest BCUT2D eigenvalue weighted by Crippen LogP contribution is 2.32. The first kappa shape index (κ1) is 28.5. The van der Waals surface area contributed by atoms with Crippen molar-refractivity contribution in [2.45, 2.75) is 89.5 Å². The lowest BCUT2D eigenvalue weighted by molar-refractivity contribution is -0.230. The maximum Gasteiger partial charge on any atom is 0.429 e. The van der Waals surface area contributed by atoms with Crippen molar-refractivity contribution in [2.75, 3.05) is 6.61 Å². The van der Waals surface area contributed by atoms with Crippen molar-refractivity contribution >= 4 is 11.9 Å². The van der Waals surface area contributed by atoms with Gasteiger partial charge in [0.05, 0.1) is 12.2 Å². The van der Waals surface area contributed by atoms with Crippen LogP contribution in [0.4, 0.5) is 13.2 Å². The Morgan fingerprint density at radius 1 is 0.919 bits per heavy atom. The zero-order valence-corrected chi connectivity index (χ0v) is 21.2. The summed E-state index contributed by atoms with van der Waals surface area (Å²) in [6, 6.07) is 13.7. The van der Waals surface area contributed by atoms with Crippen molar-refractivity contribution in [3.8, 4) is 16.9 Å². The lowest BCUT2D eigenvalue weighted by Crippen LogP contribution is -2.43. The topological polar surface area (TPSA) is 61.8 Å². The Hall–Kier alpha value is -3.03. The first-order valence-electron chi connectivity index (χ1n) is 13.1. The maximum absolute atomic E-state index is 13.4. The highest BCUT2D eigenvalue weighted by Gasteiger charge is 2.51. The number of halogens is 3. The first-order chi connectivity index (χ1) is 17.8. The Kier molecular flexibility index (Phi) is 10.8. The monoisotopic (exact) mass is 520 g/mol. The molecule has 0 aliphatic carbocycles. The van der Waals surface area contributed by atoms with Gasteiger partial charge in [0.15, 0.2) is 0 Å². The average molecular weight is 521 g/mol. The van der Waals surface area contributed by atoms with E-state index in [9.17, 15) is 22.8 Å². The average Bonchev–Trinajstić information content (AvgIpc) is 3.31. The Labute approximate surface area is 216 Å². The summed E-state index contributed by atoms with van der Waals surface area (Å²) < 4.78 is 55.4. The molecule has 1 heterocycles. The molecule has 8 heteroatoms. The predicted molar refractivity (Wildman–Crippen MR) is 134 cm³/mol. The van der Waals surface area contributed by atoms with E-state index in [2.05, 4.69) is 11.7 Å². The fourth-order valence-corrected chi connectivity index (χ4v) is 4.27. The standard InChI is InChI=1S/C29H35F3O5/c1-2-3-4-5-6-7-8-9-20-35-24-16-14-22(15-17-24)21-10-12-23(13-11-21)28(34)37-27(29(30,31)32)25-18-19-26(33)36-25/h10-17,25,27H,2-9,18-20H2,1H3/t25-,27+/m1/s1. The molecule has 0 spiro atoms. The number of benzene rings is 2. The molecule has 1 saturated heterocycles. The highest BCUT2D eigenvalue weighted by atomic mass is 19.4. The Morgan fingerprint density at radius 3 is 2.03 bits per heavy atom. The number of ether oxygens (including phenoxy) is 3. The van der Waals surface area contributed by atoms with Gasteiger partial charge in [-0.25, -0.2) is 4.79 Å². The summed E-state index contributed by atoms with van der Waals surface area (Å²) in [6.07, 6.45) is 0.774. The molecule has 0 aromatic heterocycles. The fourth-order valence-electron chi connectivity index (χ4n) is 4.27. The molecule has 0 amide bonds. The van der Waals surface area contributed by atoms with Crippen molar-refractivity contribution < 1.29 is 37.0 Å². The second-order valence-corrected chi connectivity index (χ2v) is 9.36. The van der Waals surface area contributed by atoms with Gasteiger partial charge in [-0.3, -0.25) is 4.79 Å². The third kappa shape index (κ3) is 9.09. The SMILES string of the molecule is CCCCCCCCCCOc1ccc(-c2ccc(C(=O)O[C@@H]([C@H]3CCC(=O)O3)C(F)(F)F)cc2)cc1. The van der Waals surface area contributed by atoms with Gasteiger partial charge in [0.1, 0.15) is 11.9 Å². The van der Waals surface area contributed by atoms with Gasteiger partial charge >= 0.3 is 18.1 Å². The van der Waals surface area contributed by atoms with Crippen molar-refractivity contribution in [3.05, 3.63) is 54.1 Å². The molecule has 1 aliphatic rings. The second-order valence-electron chi connectivity index (χ2n) is 9.36. The summed E-state index contributed by atoms with van der Waals surface area (Å²) in [4.78, 5) is 23.6. The second kappa shape index (κ2) is 14.1. The van der Waals surface area contributed by atoms with Crippen LogP contribution in [-0.2, 0) is 14.3 Å². The van der Waals surface area contributed by atoms with Crippen molar-refractivity contribution in [1.29, 1.82) is 0 Å². The van der Waals surface area contributed by atoms with E-state index in [-0.39, 0.29) is 18.4 Å². The molecule has 0 unspecified atom stereocenters. The molecule has 0 N–H and O–H groups in total. The molecule has 0 bridgehead atoms. The van der Waals surface area contributed by atoms with Crippen LogP contribution in [0.15, 0.2) is 48.5 Å². The number of hydrogen-bond acceptors (Lipinski definition) is 5. The normalized spacial score (nSPS) is 16.3. The Balaban J connectivity index is 1.47. The third-order valence-electron chi connectivity index (χ3n) is 6.38. The van der Waals surface area contributed by atoms with Gasteiger partial charge in [-0.05, 0) is 48.2 Å². The smallest absolute Gasteiger partial charge is 0.429 e. The quantitative estimate of drug-likeness (QED) is 0.189. The molecule has 1 fully saturated rings. The Bertz CT molecular complexity index is 986. The first-order valence-corrected chi connectivity index (χ1v) is 13.1. The number of esters is 2. The number of cyclic esters (lactones) is 1. The largest absolute Gasteiger partial charge is 0.494 e. The molecule has 202 valence electrons. The van der Waals surface area contributed by atoms with Gasteiger partial charge < -0.3 is 14.2 Å². The number of carbonyl (C=O) groups is 2. The van der Waals surface area contributed by atoms with Crippen LogP contribution in [0.3, 0.4) is 0 Å². The zero-order chi connectivity index (χ0) is 26.7. The van der Waals surface area contributed by atoms with E-state index in [1.165, 1.54) is 50.7 Å². The predicted octanol–water partition coefficient (Wildman–Crippen LogP) is 7.67. The lowest BCUT2D eigenvalue weighted by atomic mass is 10.0. The molecule has 2 atom stereocenters. The van der Waals surface area contributed by atoms with Crippen LogP contribution in [0, 0.1) is 0 Å². The van der Waals surface area contributed by atoms with Crippen LogP contribution >= 0.6 is 0 Å². The van der Waals surface area contributed by atoms with E-state index >= 15 is 0 Å². The minimum absolute atomic E-state index is 0.0207. The molecule has 2 aromatic rings. The van der Waals surface area contributed by atoms with Gasteiger partial charge in [0.2, 0.25) is 6.10 Å². The number of unbranched alkanes of at least 4 members (excludes halogenated alkanes) is 7. The van der Waals surface area contributed by atoms with E-state index in [4.69, 9.17) is 9.47 Å². The van der Waals surface area contributed by atoms with E-state index < -0.39 is 30.3 Å². The van der Waals surface area contributed by atoms with Crippen LogP contribution in [0.25, 0.3) is 11.1 Å². The summed E-state index contributed by atoms with van der Waals surface area (Å²) in [5, 5.41) is 0. The maximum atomic E-state index is 13.4. The van der Waals surface area contributed by atoms with Crippen LogP contribution in [-0.4, -0.2) is 36.9 Å². The van der Waals surface area contributed by atoms with Crippen molar-refractivity contribution in [2.24, 2.45) is 0 Å². The van der Waals surface area contributed by atoms with Crippen LogP contribution in [0.5, 0.6) is 5.75 Å². The van der Waals surface area contributed by atoms with Crippen molar-refractivity contribution in [1.82, 2.24) is 0 Å². The minimum atomic E-state index is -4.84. The van der Waals surface area contributed by atoms with Gasteiger partial charge in [-0.1, -0.05) is 76.1 Å². The number of alkyl halides is 3. The molecule has 0 saturated carbocycles. The number of carbonyl (C=O) groups excluding carboxylic acids is 2. The Morgan fingerprint density at radius 2 is 1.49 bits per heavy atom. The molecule has 2 aromatic carbocycles. The third-order valence-corrected chi connectivity index (χ3v) is 6.38. The van der Waals surface area contributed by atoms with E-state index in [1.54, 1.807) is 12.1 Å². The molecule has 5 nitrogen and oxygen atoms in total. The van der Waals surface area contributed by atoms with Crippen LogP contribution in [0.1, 0.15) is 81.5 Å². The molecular formula is C29H35F3O5. The van der Waals surface area contributed by atoms with Gasteiger partial charge in [-0.2, -0.15) is 13.2 Å². The van der Waals surface area contributed by atoms with Crippen LogP contribution in [0.2, 0.25) is 0 Å². The van der Waals surface area contributed by atoms with Gasteiger partial charge in [0.25, 0.3) is 0 Å². The van der Waals surface area contributed by atoms with E-state index in [0.717, 1.165) is 29.7 Å². The lowest BCUT2D eigenvalue weighted by Gasteiger charge is -2.24. The van der Waals surface area contributed by atoms with E-state index in [1.807, 2.05) is 24.3 Å². The fraction of sp³-hybridized carbons (Fsp3) is 0.517. The number of hydrogen-bond donors (Lipinski definition) is 0. The highest BCUT2D eigenvalue weighted by molar-refractivity contribution is 5.90. The van der Waals surface area contributed by atoms with Gasteiger partial charge in [0, 0.05) is 6.42 Å². The summed E-state index contributed by atoms with van der Waals surface area (Å²) in [5.41, 5.74) is 1.65.